The van der Waals surface area contributed by atoms with Crippen molar-refractivity contribution >= 4 is 46.6 Å². The van der Waals surface area contributed by atoms with Gasteiger partial charge in [-0.25, -0.2) is 0 Å². The van der Waals surface area contributed by atoms with E-state index in [-0.39, 0.29) is 5.91 Å². The highest BCUT2D eigenvalue weighted by Crippen LogP contribution is 2.24. The molecular weight excluding hydrogens is 371 g/mol. The highest BCUT2D eigenvalue weighted by molar-refractivity contribution is 6.34. The third-order valence-electron chi connectivity index (χ3n) is 4.22. The quantitative estimate of drug-likeness (QED) is 0.762. The lowest BCUT2D eigenvalue weighted by atomic mass is 10.1. The van der Waals surface area contributed by atoms with Crippen LogP contribution < -0.4 is 10.2 Å². The summed E-state index contributed by atoms with van der Waals surface area (Å²) in [6.45, 7) is 5.24. The molecule has 4 nitrogen and oxygen atoms in total. The van der Waals surface area contributed by atoms with Crippen molar-refractivity contribution in [2.75, 3.05) is 36.5 Å². The van der Waals surface area contributed by atoms with Gasteiger partial charge in [-0.15, -0.1) is 0 Å². The molecule has 2 aromatic rings. The molecular formula is C20H20Cl2N2O2. The Hall–Kier alpha value is -2.01. The Morgan fingerprint density at radius 3 is 2.65 bits per heavy atom. The van der Waals surface area contributed by atoms with Crippen LogP contribution in [0.15, 0.2) is 42.5 Å². The van der Waals surface area contributed by atoms with Crippen LogP contribution in [0.25, 0.3) is 6.08 Å². The number of morpholine rings is 1. The fraction of sp³-hybridized carbons (Fsp3) is 0.250. The molecule has 0 saturated carbocycles. The molecule has 6 heteroatoms. The molecule has 0 unspecified atom stereocenters. The van der Waals surface area contributed by atoms with Crippen molar-refractivity contribution in [3.05, 3.63) is 63.6 Å². The van der Waals surface area contributed by atoms with Crippen LogP contribution in [0.1, 0.15) is 11.1 Å². The molecule has 0 atom stereocenters. The minimum Gasteiger partial charge on any atom is -0.378 e. The molecule has 1 heterocycles. The number of nitrogens with zero attached hydrogens (tertiary/aromatic N) is 1. The van der Waals surface area contributed by atoms with Gasteiger partial charge in [0.2, 0.25) is 5.91 Å². The van der Waals surface area contributed by atoms with Crippen molar-refractivity contribution in [3.63, 3.8) is 0 Å². The first-order chi connectivity index (χ1) is 12.5. The van der Waals surface area contributed by atoms with Crippen molar-refractivity contribution in [2.45, 2.75) is 6.92 Å². The van der Waals surface area contributed by atoms with E-state index in [4.69, 9.17) is 27.9 Å². The van der Waals surface area contributed by atoms with Crippen molar-refractivity contribution in [3.8, 4) is 0 Å². The average molecular weight is 391 g/mol. The first-order valence-electron chi connectivity index (χ1n) is 8.40. The van der Waals surface area contributed by atoms with Crippen LogP contribution in [0.5, 0.6) is 0 Å². The number of amides is 1. The minimum absolute atomic E-state index is 0.219. The number of carbonyl (C=O) groups is 1. The lowest BCUT2D eigenvalue weighted by molar-refractivity contribution is -0.111. The second-order valence-corrected chi connectivity index (χ2v) is 6.93. The molecule has 0 aromatic heterocycles. The summed E-state index contributed by atoms with van der Waals surface area (Å²) in [6.07, 6.45) is 3.11. The first kappa shape index (κ1) is 18.8. The zero-order valence-electron chi connectivity index (χ0n) is 14.5. The summed E-state index contributed by atoms with van der Waals surface area (Å²) < 4.78 is 5.38. The van der Waals surface area contributed by atoms with E-state index < -0.39 is 0 Å². The average Bonchev–Trinajstić information content (AvgIpc) is 2.65. The van der Waals surface area contributed by atoms with Gasteiger partial charge in [0, 0.05) is 40.6 Å². The number of anilines is 2. The molecule has 26 heavy (non-hydrogen) atoms. The fourth-order valence-electron chi connectivity index (χ4n) is 2.79. The summed E-state index contributed by atoms with van der Waals surface area (Å²) in [5.41, 5.74) is 3.64. The third-order valence-corrected chi connectivity index (χ3v) is 4.80. The molecule has 2 aromatic carbocycles. The van der Waals surface area contributed by atoms with Gasteiger partial charge in [0.1, 0.15) is 0 Å². The second kappa shape index (κ2) is 8.58. The van der Waals surface area contributed by atoms with Crippen molar-refractivity contribution in [1.82, 2.24) is 0 Å². The fourth-order valence-corrected chi connectivity index (χ4v) is 3.15. The van der Waals surface area contributed by atoms with Crippen LogP contribution in [0.3, 0.4) is 0 Å². The zero-order chi connectivity index (χ0) is 18.5. The van der Waals surface area contributed by atoms with Gasteiger partial charge >= 0.3 is 0 Å². The molecule has 1 aliphatic heterocycles. The van der Waals surface area contributed by atoms with E-state index in [0.29, 0.717) is 15.6 Å². The zero-order valence-corrected chi connectivity index (χ0v) is 16.0. The number of hydrogen-bond donors (Lipinski definition) is 1. The van der Waals surface area contributed by atoms with Gasteiger partial charge in [-0.3, -0.25) is 4.79 Å². The SMILES string of the molecule is Cc1cc(N2CCOCC2)ccc1NC(=O)/C=C/c1cc(Cl)ccc1Cl. The highest BCUT2D eigenvalue weighted by Gasteiger charge is 2.12. The summed E-state index contributed by atoms with van der Waals surface area (Å²) >= 11 is 12.1. The van der Waals surface area contributed by atoms with E-state index in [1.807, 2.05) is 19.1 Å². The van der Waals surface area contributed by atoms with Crippen LogP contribution in [-0.2, 0) is 9.53 Å². The van der Waals surface area contributed by atoms with Crippen LogP contribution in [0, 0.1) is 6.92 Å². The van der Waals surface area contributed by atoms with Crippen LogP contribution >= 0.6 is 23.2 Å². The normalized spacial score (nSPS) is 14.7. The largest absolute Gasteiger partial charge is 0.378 e. The maximum absolute atomic E-state index is 12.2. The Labute approximate surface area is 163 Å². The molecule has 1 amide bonds. The molecule has 0 spiro atoms. The van der Waals surface area contributed by atoms with Gasteiger partial charge in [-0.1, -0.05) is 23.2 Å². The van der Waals surface area contributed by atoms with E-state index in [0.717, 1.165) is 43.2 Å². The molecule has 1 saturated heterocycles. The number of halogens is 2. The van der Waals surface area contributed by atoms with E-state index >= 15 is 0 Å². The molecule has 136 valence electrons. The number of ether oxygens (including phenoxy) is 1. The number of benzene rings is 2. The van der Waals surface area contributed by atoms with Gasteiger partial charge < -0.3 is 15.0 Å². The number of hydrogen-bond acceptors (Lipinski definition) is 3. The summed E-state index contributed by atoms with van der Waals surface area (Å²) in [5, 5.41) is 4.02. The summed E-state index contributed by atoms with van der Waals surface area (Å²) in [4.78, 5) is 14.5. The molecule has 1 aliphatic rings. The van der Waals surface area contributed by atoms with Crippen molar-refractivity contribution in [1.29, 1.82) is 0 Å². The Morgan fingerprint density at radius 2 is 1.92 bits per heavy atom. The number of rotatable bonds is 4. The monoisotopic (exact) mass is 390 g/mol. The molecule has 1 fully saturated rings. The predicted molar refractivity (Wildman–Crippen MR) is 108 cm³/mol. The molecule has 0 bridgehead atoms. The van der Waals surface area contributed by atoms with Gasteiger partial charge in [-0.2, -0.15) is 0 Å². The number of aryl methyl sites for hydroxylation is 1. The molecule has 0 radical (unpaired) electrons. The summed E-state index contributed by atoms with van der Waals surface area (Å²) in [5.74, 6) is -0.219. The van der Waals surface area contributed by atoms with Gasteiger partial charge in [0.25, 0.3) is 0 Å². The van der Waals surface area contributed by atoms with Crippen LogP contribution in [0.4, 0.5) is 11.4 Å². The maximum atomic E-state index is 12.2. The molecule has 0 aliphatic carbocycles. The van der Waals surface area contributed by atoms with Crippen molar-refractivity contribution in [2.24, 2.45) is 0 Å². The van der Waals surface area contributed by atoms with Crippen LogP contribution in [-0.4, -0.2) is 32.2 Å². The second-order valence-electron chi connectivity index (χ2n) is 6.09. The lowest BCUT2D eigenvalue weighted by Gasteiger charge is -2.29. The van der Waals surface area contributed by atoms with E-state index in [1.165, 1.54) is 6.08 Å². The molecule has 3 rings (SSSR count). The van der Waals surface area contributed by atoms with E-state index in [9.17, 15) is 4.79 Å². The highest BCUT2D eigenvalue weighted by atomic mass is 35.5. The van der Waals surface area contributed by atoms with Gasteiger partial charge in [0.05, 0.1) is 13.2 Å². The lowest BCUT2D eigenvalue weighted by Crippen LogP contribution is -2.36. The number of nitrogens with one attached hydrogen (secondary N) is 1. The summed E-state index contributed by atoms with van der Waals surface area (Å²) in [6, 6.07) is 11.2. The van der Waals surface area contributed by atoms with Crippen LogP contribution in [0.2, 0.25) is 10.0 Å². The maximum Gasteiger partial charge on any atom is 0.248 e. The van der Waals surface area contributed by atoms with Gasteiger partial charge in [-0.05, 0) is 60.5 Å². The number of carbonyl (C=O) groups excluding carboxylic acids is 1. The van der Waals surface area contributed by atoms with E-state index in [1.54, 1.807) is 24.3 Å². The smallest absolute Gasteiger partial charge is 0.248 e. The first-order valence-corrected chi connectivity index (χ1v) is 9.16. The van der Waals surface area contributed by atoms with Crippen molar-refractivity contribution < 1.29 is 9.53 Å². The minimum atomic E-state index is -0.219. The summed E-state index contributed by atoms with van der Waals surface area (Å²) in [7, 11) is 0. The van der Waals surface area contributed by atoms with Gasteiger partial charge in [0.15, 0.2) is 0 Å². The molecule has 1 N–H and O–H groups in total. The Morgan fingerprint density at radius 1 is 1.15 bits per heavy atom. The Kier molecular flexibility index (Phi) is 6.20. The van der Waals surface area contributed by atoms with E-state index in [2.05, 4.69) is 16.3 Å². The predicted octanol–water partition coefficient (Wildman–Crippen LogP) is 4.79. The Bertz CT molecular complexity index is 831. The topological polar surface area (TPSA) is 41.6 Å². The Balaban J connectivity index is 1.67. The standard InChI is InChI=1S/C20H20Cl2N2O2/c1-14-12-17(24-8-10-26-11-9-24)4-6-19(14)23-20(25)7-2-15-13-16(21)3-5-18(15)22/h2-7,12-13H,8-11H2,1H3,(H,23,25)/b7-2+. The third kappa shape index (κ3) is 4.79.